The Bertz CT molecular complexity index is 536. The molecule has 0 radical (unpaired) electrons. The molecule has 1 unspecified atom stereocenters. The van der Waals surface area contributed by atoms with Gasteiger partial charge in [-0.05, 0) is 20.3 Å². The number of ether oxygens (including phenoxy) is 2. The Hall–Kier alpha value is -0.830. The SMILES string of the molecule is C/C=C\[C@H](C)[C@H]1O[C@]1(C)[C@@H](O)[C@@H](CO)C(=O)[C@H]1COC(O)(CC)C[C@@H]1O. The maximum absolute atomic E-state index is 12.8. The standard InChI is InChI=1S/C19H32O7/c1-5-7-11(3)17-18(4,26-17)16(23)12(9-20)15(22)13-10-25-19(24,6-2)8-14(13)21/h5,7,11-14,16-17,20-21,23-24H,6,8-10H2,1-4H3/b7-5-/t11-,12-,13-,14-,16-,17+,18+,19?/m0/s1. The first-order chi connectivity index (χ1) is 12.1. The number of rotatable bonds is 8. The molecule has 7 heteroatoms. The molecule has 26 heavy (non-hydrogen) atoms. The minimum Gasteiger partial charge on any atom is -0.396 e. The smallest absolute Gasteiger partial charge is 0.167 e. The van der Waals surface area contributed by atoms with Gasteiger partial charge < -0.3 is 29.9 Å². The van der Waals surface area contributed by atoms with E-state index < -0.39 is 47.8 Å². The van der Waals surface area contributed by atoms with Crippen LogP contribution in [0.3, 0.4) is 0 Å². The molecule has 150 valence electrons. The monoisotopic (exact) mass is 372 g/mol. The van der Waals surface area contributed by atoms with Crippen LogP contribution in [0.25, 0.3) is 0 Å². The van der Waals surface area contributed by atoms with Crippen LogP contribution in [0.5, 0.6) is 0 Å². The summed E-state index contributed by atoms with van der Waals surface area (Å²) >= 11 is 0. The molecule has 2 fully saturated rings. The zero-order chi connectivity index (χ0) is 19.7. The molecule has 0 aliphatic carbocycles. The average Bonchev–Trinajstić information content (AvgIpc) is 3.29. The van der Waals surface area contributed by atoms with Crippen molar-refractivity contribution < 1.29 is 34.7 Å². The van der Waals surface area contributed by atoms with E-state index in [0.29, 0.717) is 6.42 Å². The molecule has 2 saturated heterocycles. The van der Waals surface area contributed by atoms with Gasteiger partial charge in [0, 0.05) is 12.3 Å². The van der Waals surface area contributed by atoms with Crippen molar-refractivity contribution >= 4 is 5.78 Å². The van der Waals surface area contributed by atoms with Gasteiger partial charge in [0.25, 0.3) is 0 Å². The molecule has 0 aromatic rings. The van der Waals surface area contributed by atoms with E-state index in [1.807, 2.05) is 26.0 Å². The van der Waals surface area contributed by atoms with Gasteiger partial charge in [-0.3, -0.25) is 4.79 Å². The number of Topliss-reactive ketones (excluding diaryl/α,β-unsaturated/α-hetero) is 1. The minimum atomic E-state index is -1.44. The maximum atomic E-state index is 12.8. The molecule has 2 aliphatic rings. The van der Waals surface area contributed by atoms with Gasteiger partial charge in [-0.2, -0.15) is 0 Å². The summed E-state index contributed by atoms with van der Waals surface area (Å²) in [4.78, 5) is 12.8. The Balaban J connectivity index is 2.07. The van der Waals surface area contributed by atoms with E-state index in [0.717, 1.165) is 0 Å². The van der Waals surface area contributed by atoms with E-state index in [1.165, 1.54) is 0 Å². The number of allylic oxidation sites excluding steroid dienone is 1. The number of hydrogen-bond donors (Lipinski definition) is 4. The fourth-order valence-electron chi connectivity index (χ4n) is 3.93. The zero-order valence-corrected chi connectivity index (χ0v) is 16.0. The van der Waals surface area contributed by atoms with Crippen molar-refractivity contribution in [2.75, 3.05) is 13.2 Å². The van der Waals surface area contributed by atoms with Crippen LogP contribution >= 0.6 is 0 Å². The summed E-state index contributed by atoms with van der Waals surface area (Å²) in [6.45, 7) is 6.61. The van der Waals surface area contributed by atoms with Crippen LogP contribution < -0.4 is 0 Å². The summed E-state index contributed by atoms with van der Waals surface area (Å²) in [5, 5.41) is 40.9. The Morgan fingerprint density at radius 1 is 1.42 bits per heavy atom. The van der Waals surface area contributed by atoms with Crippen molar-refractivity contribution in [2.45, 2.75) is 70.2 Å². The van der Waals surface area contributed by atoms with E-state index in [2.05, 4.69) is 0 Å². The molecule has 2 aliphatic heterocycles. The van der Waals surface area contributed by atoms with Crippen LogP contribution in [0.4, 0.5) is 0 Å². The summed E-state index contributed by atoms with van der Waals surface area (Å²) in [7, 11) is 0. The van der Waals surface area contributed by atoms with Gasteiger partial charge in [0.2, 0.25) is 0 Å². The number of aliphatic hydroxyl groups excluding tert-OH is 3. The lowest BCUT2D eigenvalue weighted by Gasteiger charge is -2.39. The second-order valence-corrected chi connectivity index (χ2v) is 7.73. The van der Waals surface area contributed by atoms with Gasteiger partial charge in [-0.25, -0.2) is 0 Å². The van der Waals surface area contributed by atoms with Gasteiger partial charge in [0.1, 0.15) is 11.4 Å². The first-order valence-corrected chi connectivity index (χ1v) is 9.31. The third-order valence-electron chi connectivity index (χ3n) is 5.83. The van der Waals surface area contributed by atoms with E-state index in [4.69, 9.17) is 9.47 Å². The summed E-state index contributed by atoms with van der Waals surface area (Å²) in [5.41, 5.74) is -0.924. The van der Waals surface area contributed by atoms with Crippen molar-refractivity contribution in [1.82, 2.24) is 0 Å². The highest BCUT2D eigenvalue weighted by Gasteiger charge is 2.62. The van der Waals surface area contributed by atoms with Gasteiger partial charge in [0.15, 0.2) is 5.79 Å². The number of ketones is 1. The van der Waals surface area contributed by atoms with E-state index in [1.54, 1.807) is 13.8 Å². The van der Waals surface area contributed by atoms with Gasteiger partial charge in [0.05, 0.1) is 43.4 Å². The van der Waals surface area contributed by atoms with Crippen molar-refractivity contribution in [3.8, 4) is 0 Å². The van der Waals surface area contributed by atoms with Crippen LogP contribution in [-0.2, 0) is 14.3 Å². The summed E-state index contributed by atoms with van der Waals surface area (Å²) in [6.07, 6.45) is 1.55. The normalized spacial score (nSPS) is 41.0. The molecular weight excluding hydrogens is 340 g/mol. The van der Waals surface area contributed by atoms with Gasteiger partial charge in [-0.15, -0.1) is 0 Å². The lowest BCUT2D eigenvalue weighted by atomic mass is 9.78. The zero-order valence-electron chi connectivity index (χ0n) is 16.0. The lowest BCUT2D eigenvalue weighted by Crippen LogP contribution is -2.53. The molecule has 7 nitrogen and oxygen atoms in total. The lowest BCUT2D eigenvalue weighted by molar-refractivity contribution is -0.258. The fourth-order valence-corrected chi connectivity index (χ4v) is 3.93. The highest BCUT2D eigenvalue weighted by atomic mass is 16.6. The second-order valence-electron chi connectivity index (χ2n) is 7.73. The first kappa shape index (κ1) is 21.5. The van der Waals surface area contributed by atoms with Crippen molar-refractivity contribution in [3.05, 3.63) is 12.2 Å². The number of carbonyl (C=O) groups excluding carboxylic acids is 1. The molecule has 0 aromatic carbocycles. The quantitative estimate of drug-likeness (QED) is 0.359. The van der Waals surface area contributed by atoms with Crippen LogP contribution in [0.15, 0.2) is 12.2 Å². The number of aliphatic hydroxyl groups is 4. The third-order valence-corrected chi connectivity index (χ3v) is 5.83. The van der Waals surface area contributed by atoms with E-state index >= 15 is 0 Å². The van der Waals surface area contributed by atoms with Crippen LogP contribution in [0.1, 0.15) is 40.5 Å². The molecule has 0 saturated carbocycles. The van der Waals surface area contributed by atoms with Crippen molar-refractivity contribution in [3.63, 3.8) is 0 Å². The van der Waals surface area contributed by atoms with Gasteiger partial charge >= 0.3 is 0 Å². The minimum absolute atomic E-state index is 0.0669. The molecular formula is C19H32O7. The molecule has 0 bridgehead atoms. The van der Waals surface area contributed by atoms with E-state index in [9.17, 15) is 25.2 Å². The summed E-state index contributed by atoms with van der Waals surface area (Å²) < 4.78 is 11.0. The molecule has 2 heterocycles. The number of hydrogen-bond acceptors (Lipinski definition) is 7. The molecule has 0 amide bonds. The maximum Gasteiger partial charge on any atom is 0.167 e. The fraction of sp³-hybridized carbons (Fsp3) is 0.842. The Kier molecular flexibility index (Phi) is 6.64. The molecule has 0 spiro atoms. The third kappa shape index (κ3) is 4.03. The van der Waals surface area contributed by atoms with Crippen LogP contribution in [0.2, 0.25) is 0 Å². The Morgan fingerprint density at radius 2 is 2.08 bits per heavy atom. The van der Waals surface area contributed by atoms with Crippen LogP contribution in [0, 0.1) is 17.8 Å². The summed E-state index contributed by atoms with van der Waals surface area (Å²) in [5.74, 6) is -3.83. The van der Waals surface area contributed by atoms with Crippen molar-refractivity contribution in [2.24, 2.45) is 17.8 Å². The molecule has 8 atom stereocenters. The second kappa shape index (κ2) is 8.04. The first-order valence-electron chi connectivity index (χ1n) is 9.31. The average molecular weight is 372 g/mol. The highest BCUT2D eigenvalue weighted by molar-refractivity contribution is 5.85. The molecule has 4 N–H and O–H groups in total. The van der Waals surface area contributed by atoms with Crippen molar-refractivity contribution in [1.29, 1.82) is 0 Å². The van der Waals surface area contributed by atoms with Crippen LogP contribution in [-0.4, -0.2) is 69.1 Å². The number of carbonyl (C=O) groups is 1. The largest absolute Gasteiger partial charge is 0.396 e. The Morgan fingerprint density at radius 3 is 2.58 bits per heavy atom. The number of epoxide rings is 1. The Labute approximate surface area is 154 Å². The van der Waals surface area contributed by atoms with Gasteiger partial charge in [-0.1, -0.05) is 26.0 Å². The predicted molar refractivity (Wildman–Crippen MR) is 94.2 cm³/mol. The summed E-state index contributed by atoms with van der Waals surface area (Å²) in [6, 6.07) is 0. The topological polar surface area (TPSA) is 120 Å². The molecule has 2 rings (SSSR count). The van der Waals surface area contributed by atoms with E-state index in [-0.39, 0.29) is 25.0 Å². The predicted octanol–water partition coefficient (Wildman–Crippen LogP) is 0.391. The molecule has 0 aromatic heterocycles. The highest BCUT2D eigenvalue weighted by Crippen LogP contribution is 2.47.